The van der Waals surface area contributed by atoms with Crippen molar-refractivity contribution in [1.29, 1.82) is 0 Å². The van der Waals surface area contributed by atoms with Gasteiger partial charge in [0.1, 0.15) is 22.9 Å². The zero-order chi connectivity index (χ0) is 69.2. The van der Waals surface area contributed by atoms with Crippen molar-refractivity contribution in [3.63, 3.8) is 0 Å². The fourth-order valence-electron chi connectivity index (χ4n) is 8.03. The van der Waals surface area contributed by atoms with Gasteiger partial charge in [-0.3, -0.25) is 4.79 Å². The van der Waals surface area contributed by atoms with Crippen molar-refractivity contribution in [2.24, 2.45) is 21.1 Å². The standard InChI is InChI=1S/C22H20N4O3S.C13H13NO.C8H7ClN4O2S.C8H8N4.C7H6N4.CH3I.CH2O3.ClHO3S.2K.H/c1-26-22(23-24-25-26)18-9-6-10-20(14-18)30(27,28)15-19-13-17(11-12-21(19)29-2)16-7-4-3-5-8-16;1-15-13-8-7-11(9-12(13)14)10-5-3-2-4-6-10;1-13-8(10-11-12-13)6-3-2-4-7(5-6)16(9,14)15;1-12-8(9-10-11-12)7-5-3-2-4-6-7;1-2-4-6(5-3-1)7-8-10-11-9-7;1-2;2-1-4-3;1-4-5(2)3;;;/h3-14H,15H2,1-2H3;2-9H,14H2,1H3;2-5H,1H3;2-6H,1H3;1-5H,(H,8,9,10,11);1H3;1,3H;(H,2,3);;;/q;;;;;;;;2*+1;-1/p-2. The van der Waals surface area contributed by atoms with Crippen molar-refractivity contribution in [2.75, 3.05) is 24.9 Å². The van der Waals surface area contributed by atoms with Crippen LogP contribution in [0, 0.1) is 0 Å². The average molecular weight is 1580 g/mol. The molecule has 8 aromatic carbocycles. The van der Waals surface area contributed by atoms with Crippen molar-refractivity contribution in [3.8, 4) is 79.3 Å². The van der Waals surface area contributed by atoms with Crippen LogP contribution in [0.4, 0.5) is 5.69 Å². The van der Waals surface area contributed by atoms with Crippen molar-refractivity contribution in [3.05, 3.63) is 212 Å². The summed E-state index contributed by atoms with van der Waals surface area (Å²) in [6, 6.07) is 63.6. The number of carbonyl (C=O) groups is 1. The van der Waals surface area contributed by atoms with Gasteiger partial charge in [-0.15, -0.1) is 25.5 Å². The van der Waals surface area contributed by atoms with Crippen LogP contribution in [0.15, 0.2) is 216 Å². The summed E-state index contributed by atoms with van der Waals surface area (Å²) >= 11 is 3.82. The monoisotopic (exact) mass is 1580 g/mol. The number of H-pyrrole nitrogens is 1. The number of aromatic nitrogens is 16. The maximum atomic E-state index is 13.2. The molecule has 0 spiro atoms. The Kier molecular flexibility index (Phi) is 39.4. The number of sulfone groups is 1. The first-order valence-electron chi connectivity index (χ1n) is 26.9. The number of anilines is 1. The van der Waals surface area contributed by atoms with E-state index in [9.17, 15) is 16.8 Å². The molecule has 3 N–H and O–H groups in total. The molecule has 0 aliphatic rings. The average Bonchev–Trinajstić information content (AvgIpc) is 0.922. The van der Waals surface area contributed by atoms with Gasteiger partial charge in [-0.2, -0.15) is 8.95 Å². The minimum atomic E-state index is -3.73. The normalized spacial score (nSPS) is 10.4. The van der Waals surface area contributed by atoms with Crippen LogP contribution >= 0.6 is 45.1 Å². The van der Waals surface area contributed by atoms with Crippen LogP contribution in [0.5, 0.6) is 11.5 Å². The number of nitrogens with zero attached hydrogens (tertiary/aromatic N) is 15. The van der Waals surface area contributed by atoms with Gasteiger partial charge in [0, 0.05) is 59.6 Å². The molecule has 0 saturated heterocycles. The first-order chi connectivity index (χ1) is 45.8. The summed E-state index contributed by atoms with van der Waals surface area (Å²) in [6.07, 6.45) is 0. The maximum Gasteiger partial charge on any atom is 1.00 e. The molecular weight excluding hydrogens is 1520 g/mol. The van der Waals surface area contributed by atoms with Gasteiger partial charge in [-0.05, 0) is 112 Å². The second-order valence-corrected chi connectivity index (χ2v) is 23.7. The van der Waals surface area contributed by atoms with Crippen molar-refractivity contribution in [2.45, 2.75) is 15.5 Å². The molecule has 37 heteroatoms. The summed E-state index contributed by atoms with van der Waals surface area (Å²) in [7, 11) is 6.23. The van der Waals surface area contributed by atoms with Crippen LogP contribution in [-0.2, 0) is 70.6 Å². The van der Waals surface area contributed by atoms with Crippen LogP contribution in [0.1, 0.15) is 6.99 Å². The molecule has 0 aliphatic carbocycles. The molecule has 0 bridgehead atoms. The van der Waals surface area contributed by atoms with E-state index in [1.54, 1.807) is 68.4 Å². The fourth-order valence-corrected chi connectivity index (χ4v) is 10.2. The number of nitrogens with one attached hydrogen (secondary N) is 1. The Bertz CT molecular complexity index is 4520. The number of hydrogen-bond donors (Lipinski definition) is 2. The van der Waals surface area contributed by atoms with Crippen LogP contribution < -0.4 is 123 Å². The predicted octanol–water partition coefficient (Wildman–Crippen LogP) is 2.58. The second kappa shape index (κ2) is 45.2. The minimum absolute atomic E-state index is 0. The van der Waals surface area contributed by atoms with E-state index in [-0.39, 0.29) is 126 Å². The number of benzene rings is 8. The summed E-state index contributed by atoms with van der Waals surface area (Å²) in [5, 5.41) is 55.4. The van der Waals surface area contributed by atoms with Crippen molar-refractivity contribution >= 4 is 87.5 Å². The van der Waals surface area contributed by atoms with Gasteiger partial charge < -0.3 is 31.3 Å². The molecule has 12 rings (SSSR count). The smallest absolute Gasteiger partial charge is 1.00 e. The number of carbonyl (C=O) groups excluding carboxylic acids is 1. The maximum absolute atomic E-state index is 13.2. The third-order valence-electron chi connectivity index (χ3n) is 12.3. The Morgan fingerprint density at radius 2 is 0.938 bits per heavy atom. The molecule has 498 valence electrons. The fraction of sp³-hybridized carbons (Fsp3) is 0.117. The summed E-state index contributed by atoms with van der Waals surface area (Å²) in [6.45, 7) is -0.181. The number of methoxy groups -OCH3 is 2. The van der Waals surface area contributed by atoms with E-state index < -0.39 is 30.2 Å². The van der Waals surface area contributed by atoms with Gasteiger partial charge in [0.15, 0.2) is 27.3 Å². The zero-order valence-corrected chi connectivity index (χ0v) is 65.3. The van der Waals surface area contributed by atoms with Crippen LogP contribution in [0.2, 0.25) is 0 Å². The van der Waals surface area contributed by atoms with E-state index in [4.69, 9.17) is 44.7 Å². The number of halogens is 3. The first-order valence-corrected chi connectivity index (χ1v) is 34.3. The third-order valence-corrected chi connectivity index (χ3v) is 15.7. The van der Waals surface area contributed by atoms with Crippen molar-refractivity contribution in [1.82, 2.24) is 81.2 Å². The summed E-state index contributed by atoms with van der Waals surface area (Å²) in [4.78, 5) is 13.4. The molecule has 12 aromatic rings. The zero-order valence-electron chi connectivity index (χ0n) is 54.0. The van der Waals surface area contributed by atoms with Crippen LogP contribution in [-0.4, -0.2) is 132 Å². The first kappa shape index (κ1) is 84.6. The summed E-state index contributed by atoms with van der Waals surface area (Å²) in [5.41, 5.74) is 14.5. The van der Waals surface area contributed by atoms with Gasteiger partial charge in [0.25, 0.3) is 15.5 Å². The van der Waals surface area contributed by atoms with Gasteiger partial charge >= 0.3 is 103 Å². The Morgan fingerprint density at radius 1 is 0.557 bits per heavy atom. The van der Waals surface area contributed by atoms with E-state index in [0.717, 1.165) is 45.0 Å². The van der Waals surface area contributed by atoms with E-state index in [0.29, 0.717) is 45.6 Å². The third kappa shape index (κ3) is 27.9. The molecule has 4 aromatic heterocycles. The molecule has 1 unspecified atom stereocenters. The number of nitrogen functional groups attached to an aromatic ring is 1. The molecular formula is C60H59Cl2IK2N17O12S3-. The number of ether oxygens (including phenoxy) is 2. The SMILES string of the molecule is CI.COc1ccc(-c2ccccc2)cc1CS(=O)(=O)c1cccc(-c2nnnn2C)c1.COc1ccc(-c2ccccc2)cc1N.Cn1nnnc1-c1cccc(S(=O)(=O)Cl)c1.Cn1nnnc1-c1ccccc1.O=CO[O-].O=S([O-])OCl.[H-].[K+].[K+].c1ccc(-c2nn[nH]n2)cc1. The van der Waals surface area contributed by atoms with E-state index in [1.807, 2.05) is 152 Å². The Morgan fingerprint density at radius 3 is 1.31 bits per heavy atom. The van der Waals surface area contributed by atoms with E-state index in [1.165, 1.54) is 28.6 Å². The number of aromatic amines is 1. The number of hydrogen-bond acceptors (Lipinski definition) is 25. The van der Waals surface area contributed by atoms with E-state index >= 15 is 0 Å². The minimum Gasteiger partial charge on any atom is -1.00 e. The number of nitrogens with two attached hydrogens (primary N) is 1. The predicted molar refractivity (Wildman–Crippen MR) is 362 cm³/mol. The largest absolute Gasteiger partial charge is 1.00 e. The topological polar surface area (TPSA) is 397 Å². The number of aryl methyl sites for hydroxylation is 3. The second-order valence-electron chi connectivity index (χ2n) is 18.3. The quantitative estimate of drug-likeness (QED) is 0.0182. The molecule has 1 atom stereocenters. The molecule has 0 aliphatic heterocycles. The summed E-state index contributed by atoms with van der Waals surface area (Å²) < 4.78 is 85.0. The number of alkyl halides is 1. The number of rotatable bonds is 14. The number of tetrazole rings is 4. The van der Waals surface area contributed by atoms with Gasteiger partial charge in [-0.25, -0.2) is 35.1 Å². The Hall–Kier alpha value is -6.58. The molecule has 0 amide bonds. The molecule has 97 heavy (non-hydrogen) atoms. The van der Waals surface area contributed by atoms with Gasteiger partial charge in [-0.1, -0.05) is 180 Å². The molecule has 4 heterocycles. The molecule has 0 radical (unpaired) electrons. The van der Waals surface area contributed by atoms with Crippen LogP contribution in [0.25, 0.3) is 67.8 Å². The van der Waals surface area contributed by atoms with Crippen molar-refractivity contribution < 1.29 is 158 Å². The van der Waals surface area contributed by atoms with Crippen LogP contribution in [0.3, 0.4) is 0 Å². The van der Waals surface area contributed by atoms with E-state index in [2.05, 4.69) is 122 Å². The summed E-state index contributed by atoms with van der Waals surface area (Å²) in [5.74, 6) is 3.46. The van der Waals surface area contributed by atoms with Gasteiger partial charge in [0.2, 0.25) is 5.82 Å². The molecule has 0 fully saturated rings. The Balaban J connectivity index is 0.000000416. The molecule has 29 nitrogen and oxygen atoms in total. The Labute approximate surface area is 670 Å². The van der Waals surface area contributed by atoms with Gasteiger partial charge in [0.05, 0.1) is 47.3 Å². The molecule has 0 saturated carbocycles.